The van der Waals surface area contributed by atoms with Crippen molar-refractivity contribution < 1.29 is 23.1 Å². The molecule has 37 heavy (non-hydrogen) atoms. The Bertz CT molecular complexity index is 1300. The molecule has 0 radical (unpaired) electrons. The van der Waals surface area contributed by atoms with Crippen LogP contribution in [0, 0.1) is 6.92 Å². The summed E-state index contributed by atoms with van der Waals surface area (Å²) in [5.41, 5.74) is 2.13. The van der Waals surface area contributed by atoms with E-state index in [1.165, 1.54) is 28.4 Å². The van der Waals surface area contributed by atoms with E-state index in [1.807, 2.05) is 12.1 Å². The van der Waals surface area contributed by atoms with Crippen LogP contribution < -0.4 is 0 Å². The number of hydrogen-bond acceptors (Lipinski definition) is 5. The number of halogens is 2. The normalized spacial score (nSPS) is 13.7. The van der Waals surface area contributed by atoms with Crippen molar-refractivity contribution in [2.45, 2.75) is 37.6 Å². The molecule has 0 spiro atoms. The van der Waals surface area contributed by atoms with Crippen LogP contribution in [0.25, 0.3) is 0 Å². The minimum Gasteiger partial charge on any atom is -0.465 e. The van der Waals surface area contributed by atoms with E-state index >= 15 is 0 Å². The predicted molar refractivity (Wildman–Crippen MR) is 144 cm³/mol. The highest BCUT2D eigenvalue weighted by atomic mass is 35.5. The Morgan fingerprint density at radius 1 is 1.08 bits per heavy atom. The zero-order chi connectivity index (χ0) is 27.3. The number of rotatable bonds is 10. The van der Waals surface area contributed by atoms with Crippen LogP contribution in [-0.2, 0) is 21.4 Å². The molecule has 0 fully saturated rings. The Labute approximate surface area is 227 Å². The molecule has 0 unspecified atom stereocenters. The van der Waals surface area contributed by atoms with Gasteiger partial charge in [0.15, 0.2) is 0 Å². The number of benzene rings is 2. The van der Waals surface area contributed by atoms with Gasteiger partial charge in [0, 0.05) is 44.2 Å². The van der Waals surface area contributed by atoms with E-state index in [0.717, 1.165) is 5.56 Å². The van der Waals surface area contributed by atoms with Gasteiger partial charge in [0.2, 0.25) is 15.9 Å². The molecule has 2 aromatic carbocycles. The molecule has 9 nitrogen and oxygen atoms in total. The van der Waals surface area contributed by atoms with Gasteiger partial charge in [0.25, 0.3) is 0 Å². The number of amides is 2. The second kappa shape index (κ2) is 12.3. The monoisotopic (exact) mass is 568 g/mol. The van der Waals surface area contributed by atoms with Crippen molar-refractivity contribution in [1.29, 1.82) is 0 Å². The number of aliphatic imine (C=N–C) groups is 1. The summed E-state index contributed by atoms with van der Waals surface area (Å²) in [7, 11) is -0.582. The second-order valence-corrected chi connectivity index (χ2v) is 11.7. The minimum atomic E-state index is -3.78. The van der Waals surface area contributed by atoms with Crippen molar-refractivity contribution in [2.75, 3.05) is 33.7 Å². The Morgan fingerprint density at radius 2 is 1.76 bits per heavy atom. The molecule has 0 saturated carbocycles. The molecular formula is C25H30Cl2N4O5S. The van der Waals surface area contributed by atoms with Gasteiger partial charge in [-0.05, 0) is 43.0 Å². The van der Waals surface area contributed by atoms with Crippen LogP contribution in [0.1, 0.15) is 36.0 Å². The lowest BCUT2D eigenvalue weighted by Gasteiger charge is -2.20. The molecule has 0 saturated heterocycles. The fraction of sp³-hybridized carbons (Fsp3) is 0.400. The fourth-order valence-electron chi connectivity index (χ4n) is 3.93. The number of amidine groups is 1. The molecule has 0 bridgehead atoms. The van der Waals surface area contributed by atoms with Gasteiger partial charge in [-0.2, -0.15) is 0 Å². The van der Waals surface area contributed by atoms with Gasteiger partial charge in [-0.15, -0.1) is 0 Å². The molecule has 200 valence electrons. The molecule has 0 aliphatic carbocycles. The Balaban J connectivity index is 1.47. The van der Waals surface area contributed by atoms with E-state index in [-0.39, 0.29) is 28.8 Å². The van der Waals surface area contributed by atoms with Gasteiger partial charge in [0.05, 0.1) is 18.1 Å². The average Bonchev–Trinajstić information content (AvgIpc) is 3.35. The van der Waals surface area contributed by atoms with Crippen LogP contribution in [0.5, 0.6) is 0 Å². The molecule has 1 N–H and O–H groups in total. The van der Waals surface area contributed by atoms with Gasteiger partial charge in [-0.3, -0.25) is 14.7 Å². The molecule has 2 aromatic rings. The van der Waals surface area contributed by atoms with Gasteiger partial charge < -0.3 is 10.0 Å². The van der Waals surface area contributed by atoms with Crippen LogP contribution in [0.15, 0.2) is 46.3 Å². The summed E-state index contributed by atoms with van der Waals surface area (Å²) in [5, 5.41) is 9.79. The van der Waals surface area contributed by atoms with Crippen molar-refractivity contribution in [1.82, 2.24) is 14.1 Å². The predicted octanol–water partition coefficient (Wildman–Crippen LogP) is 4.49. The van der Waals surface area contributed by atoms with Crippen LogP contribution in [0.3, 0.4) is 0 Å². The van der Waals surface area contributed by atoms with Crippen molar-refractivity contribution in [3.8, 4) is 0 Å². The lowest BCUT2D eigenvalue weighted by Crippen LogP contribution is -2.33. The number of carboxylic acid groups (broad SMARTS) is 1. The van der Waals surface area contributed by atoms with E-state index in [0.29, 0.717) is 54.5 Å². The first-order valence-electron chi connectivity index (χ1n) is 11.7. The van der Waals surface area contributed by atoms with Gasteiger partial charge in [0.1, 0.15) is 10.7 Å². The summed E-state index contributed by atoms with van der Waals surface area (Å²) in [6, 6.07) is 10.2. The molecule has 0 aromatic heterocycles. The molecule has 12 heteroatoms. The quantitative estimate of drug-likeness (QED) is 0.424. The average molecular weight is 570 g/mol. The maximum absolute atomic E-state index is 12.9. The number of carbonyl (C=O) groups excluding carboxylic acids is 1. The SMILES string of the molecule is Cc1c(Cl)ccc(S(=O)(=O)N(C)CCCCC(=O)N(C)Cc2ccc(C3=NCCN3C(=O)O)cc2)c1Cl. The molecule has 3 rings (SSSR count). The Hall–Kier alpha value is -2.66. The van der Waals surface area contributed by atoms with E-state index < -0.39 is 16.1 Å². The molecule has 2 amide bonds. The lowest BCUT2D eigenvalue weighted by molar-refractivity contribution is -0.130. The molecule has 1 heterocycles. The first-order valence-corrected chi connectivity index (χ1v) is 13.9. The van der Waals surface area contributed by atoms with E-state index in [1.54, 1.807) is 31.0 Å². The summed E-state index contributed by atoms with van der Waals surface area (Å²) < 4.78 is 27.0. The summed E-state index contributed by atoms with van der Waals surface area (Å²) in [6.07, 6.45) is 0.294. The number of sulfonamides is 1. The van der Waals surface area contributed by atoms with E-state index in [2.05, 4.69) is 4.99 Å². The molecule has 1 aliphatic rings. The van der Waals surface area contributed by atoms with Crippen molar-refractivity contribution in [3.63, 3.8) is 0 Å². The topological polar surface area (TPSA) is 111 Å². The Kier molecular flexibility index (Phi) is 9.57. The number of hydrogen-bond donors (Lipinski definition) is 1. The highest BCUT2D eigenvalue weighted by molar-refractivity contribution is 7.89. The molecular weight excluding hydrogens is 539 g/mol. The summed E-state index contributed by atoms with van der Waals surface area (Å²) in [4.78, 5) is 31.0. The largest absolute Gasteiger partial charge is 0.465 e. The van der Waals surface area contributed by atoms with Crippen molar-refractivity contribution in [2.24, 2.45) is 4.99 Å². The van der Waals surface area contributed by atoms with E-state index in [9.17, 15) is 23.1 Å². The van der Waals surface area contributed by atoms with Gasteiger partial charge in [-0.25, -0.2) is 17.5 Å². The maximum atomic E-state index is 12.9. The van der Waals surface area contributed by atoms with Crippen LogP contribution in [-0.4, -0.2) is 79.2 Å². The first kappa shape index (κ1) is 28.9. The molecule has 1 aliphatic heterocycles. The number of carbonyl (C=O) groups is 2. The summed E-state index contributed by atoms with van der Waals surface area (Å²) in [6.45, 7) is 3.10. The smallest absolute Gasteiger partial charge is 0.413 e. The van der Waals surface area contributed by atoms with Crippen LogP contribution >= 0.6 is 23.2 Å². The zero-order valence-corrected chi connectivity index (χ0v) is 23.3. The second-order valence-electron chi connectivity index (χ2n) is 8.85. The first-order chi connectivity index (χ1) is 17.4. The lowest BCUT2D eigenvalue weighted by atomic mass is 10.1. The van der Waals surface area contributed by atoms with E-state index in [4.69, 9.17) is 23.2 Å². The fourth-order valence-corrected chi connectivity index (χ4v) is 5.92. The van der Waals surface area contributed by atoms with Crippen molar-refractivity contribution >= 4 is 51.1 Å². The Morgan fingerprint density at radius 3 is 2.41 bits per heavy atom. The van der Waals surface area contributed by atoms with Crippen LogP contribution in [0.4, 0.5) is 4.79 Å². The number of nitrogens with zero attached hydrogens (tertiary/aromatic N) is 4. The maximum Gasteiger partial charge on any atom is 0.413 e. The highest BCUT2D eigenvalue weighted by Gasteiger charge is 2.25. The zero-order valence-electron chi connectivity index (χ0n) is 20.9. The summed E-state index contributed by atoms with van der Waals surface area (Å²) in [5.74, 6) is 0.382. The third-order valence-electron chi connectivity index (χ3n) is 6.22. The van der Waals surface area contributed by atoms with Crippen LogP contribution in [0.2, 0.25) is 10.0 Å². The standard InChI is InChI=1S/C25H30Cl2N4O5S/c1-17-20(26)11-12-21(23(17)27)37(35,36)30(3)14-5-4-6-22(32)29(2)16-18-7-9-19(10-8-18)24-28-13-15-31(24)25(33)34/h7-12H,4-6,13-16H2,1-3H3,(H,33,34). The van der Waals surface area contributed by atoms with Crippen molar-refractivity contribution in [3.05, 3.63) is 63.1 Å². The van der Waals surface area contributed by atoms with Gasteiger partial charge in [-0.1, -0.05) is 47.5 Å². The highest BCUT2D eigenvalue weighted by Crippen LogP contribution is 2.31. The minimum absolute atomic E-state index is 0.0102. The third-order valence-corrected chi connectivity index (χ3v) is 9.12. The number of unbranched alkanes of at least 4 members (excludes halogenated alkanes) is 1. The van der Waals surface area contributed by atoms with Gasteiger partial charge >= 0.3 is 6.09 Å². The summed E-state index contributed by atoms with van der Waals surface area (Å²) >= 11 is 12.2. The molecule has 0 atom stereocenters. The third kappa shape index (κ3) is 6.81.